The third-order valence-electron chi connectivity index (χ3n) is 5.19. The lowest BCUT2D eigenvalue weighted by molar-refractivity contribution is -0.152. The van der Waals surface area contributed by atoms with Gasteiger partial charge in [-0.15, -0.1) is 0 Å². The molecule has 0 unspecified atom stereocenters. The zero-order valence-corrected chi connectivity index (χ0v) is 14.4. The van der Waals surface area contributed by atoms with Crippen LogP contribution in [0.15, 0.2) is 42.5 Å². The molecular formula is C20H18N2O5. The van der Waals surface area contributed by atoms with Crippen molar-refractivity contribution < 1.29 is 24.6 Å². The molecule has 0 aromatic heterocycles. The van der Waals surface area contributed by atoms with Crippen molar-refractivity contribution >= 4 is 17.8 Å². The monoisotopic (exact) mass is 366 g/mol. The SMILES string of the molecule is O=C(O)[C@H]1NCCN(C(=O)c2ccc3c(c2)Cc2ccccc2-3)[C@H]1C(=O)O. The maximum atomic E-state index is 13.0. The predicted molar refractivity (Wildman–Crippen MR) is 96.6 cm³/mol. The van der Waals surface area contributed by atoms with E-state index in [4.69, 9.17) is 0 Å². The number of amides is 1. The summed E-state index contributed by atoms with van der Waals surface area (Å²) in [4.78, 5) is 37.2. The fourth-order valence-electron chi connectivity index (χ4n) is 3.94. The van der Waals surface area contributed by atoms with Gasteiger partial charge in [0.15, 0.2) is 6.04 Å². The minimum absolute atomic E-state index is 0.136. The first kappa shape index (κ1) is 17.2. The second-order valence-corrected chi connectivity index (χ2v) is 6.76. The highest BCUT2D eigenvalue weighted by Gasteiger charge is 2.43. The number of carbonyl (C=O) groups is 3. The van der Waals surface area contributed by atoms with E-state index in [1.54, 1.807) is 12.1 Å². The van der Waals surface area contributed by atoms with Crippen molar-refractivity contribution in [2.75, 3.05) is 13.1 Å². The van der Waals surface area contributed by atoms with Gasteiger partial charge in [-0.3, -0.25) is 9.59 Å². The molecule has 1 aliphatic heterocycles. The van der Waals surface area contributed by atoms with Crippen LogP contribution in [0.3, 0.4) is 0 Å². The molecule has 3 N–H and O–H groups in total. The standard InChI is InChI=1S/C20H18N2O5/c23-18(22-8-7-21-16(19(24)25)17(22)20(26)27)12-5-6-15-13(10-12)9-11-3-1-2-4-14(11)15/h1-6,10,16-17,21H,7-9H2,(H,24,25)(H,26,27)/t16-,17+/m0/s1. The highest BCUT2D eigenvalue weighted by atomic mass is 16.4. The van der Waals surface area contributed by atoms with Crippen molar-refractivity contribution in [2.45, 2.75) is 18.5 Å². The number of hydrogen-bond acceptors (Lipinski definition) is 4. The molecule has 7 heteroatoms. The number of carbonyl (C=O) groups excluding carboxylic acids is 1. The number of piperazine rings is 1. The summed E-state index contributed by atoms with van der Waals surface area (Å²) in [6.07, 6.45) is 0.717. The molecule has 1 heterocycles. The quantitative estimate of drug-likeness (QED) is 0.643. The molecule has 0 saturated carbocycles. The number of carboxylic acids is 2. The summed E-state index contributed by atoms with van der Waals surface area (Å²) in [5, 5.41) is 21.5. The summed E-state index contributed by atoms with van der Waals surface area (Å²) >= 11 is 0. The van der Waals surface area contributed by atoms with Crippen LogP contribution in [0.1, 0.15) is 21.5 Å². The van der Waals surface area contributed by atoms with E-state index < -0.39 is 29.9 Å². The van der Waals surface area contributed by atoms with Crippen molar-refractivity contribution in [3.8, 4) is 11.1 Å². The van der Waals surface area contributed by atoms with Gasteiger partial charge in [-0.2, -0.15) is 0 Å². The Morgan fingerprint density at radius 1 is 0.963 bits per heavy atom. The van der Waals surface area contributed by atoms with E-state index in [1.165, 1.54) is 5.56 Å². The van der Waals surface area contributed by atoms with Crippen molar-refractivity contribution in [1.82, 2.24) is 10.2 Å². The molecule has 0 bridgehead atoms. The fraction of sp³-hybridized carbons (Fsp3) is 0.250. The van der Waals surface area contributed by atoms with Gasteiger partial charge in [-0.1, -0.05) is 30.3 Å². The molecule has 2 aliphatic rings. The summed E-state index contributed by atoms with van der Waals surface area (Å²) in [6.45, 7) is 0.361. The second kappa shape index (κ2) is 6.51. The molecule has 1 saturated heterocycles. The average Bonchev–Trinajstić information content (AvgIpc) is 3.04. The molecule has 7 nitrogen and oxygen atoms in total. The lowest BCUT2D eigenvalue weighted by atomic mass is 10.00. The fourth-order valence-corrected chi connectivity index (χ4v) is 3.94. The minimum Gasteiger partial charge on any atom is -0.480 e. The van der Waals surface area contributed by atoms with E-state index in [-0.39, 0.29) is 13.1 Å². The van der Waals surface area contributed by atoms with Gasteiger partial charge in [0.1, 0.15) is 6.04 Å². The molecular weight excluding hydrogens is 348 g/mol. The number of nitrogens with zero attached hydrogens (tertiary/aromatic N) is 1. The number of hydrogen-bond donors (Lipinski definition) is 3. The van der Waals surface area contributed by atoms with Gasteiger partial charge in [0.25, 0.3) is 5.91 Å². The van der Waals surface area contributed by atoms with Gasteiger partial charge >= 0.3 is 11.9 Å². The van der Waals surface area contributed by atoms with Crippen LogP contribution >= 0.6 is 0 Å². The molecule has 1 aliphatic carbocycles. The van der Waals surface area contributed by atoms with Crippen LogP contribution in [0.2, 0.25) is 0 Å². The van der Waals surface area contributed by atoms with E-state index in [0.717, 1.165) is 21.6 Å². The van der Waals surface area contributed by atoms with Gasteiger partial charge in [0.2, 0.25) is 0 Å². The molecule has 1 fully saturated rings. The van der Waals surface area contributed by atoms with Crippen molar-refractivity contribution in [2.24, 2.45) is 0 Å². The van der Waals surface area contributed by atoms with Gasteiger partial charge in [-0.25, -0.2) is 4.79 Å². The summed E-state index contributed by atoms with van der Waals surface area (Å²) in [7, 11) is 0. The lowest BCUT2D eigenvalue weighted by Crippen LogP contribution is -2.65. The Morgan fingerprint density at radius 2 is 1.70 bits per heavy atom. The minimum atomic E-state index is -1.45. The van der Waals surface area contributed by atoms with E-state index in [9.17, 15) is 24.6 Å². The van der Waals surface area contributed by atoms with Crippen LogP contribution in [0.5, 0.6) is 0 Å². The van der Waals surface area contributed by atoms with Gasteiger partial charge in [0, 0.05) is 18.7 Å². The first-order chi connectivity index (χ1) is 13.0. The number of nitrogens with one attached hydrogen (secondary N) is 1. The molecule has 27 heavy (non-hydrogen) atoms. The molecule has 2 aromatic rings. The number of benzene rings is 2. The molecule has 0 radical (unpaired) electrons. The summed E-state index contributed by atoms with van der Waals surface area (Å²) < 4.78 is 0. The summed E-state index contributed by atoms with van der Waals surface area (Å²) in [6, 6.07) is 10.6. The highest BCUT2D eigenvalue weighted by Crippen LogP contribution is 2.37. The van der Waals surface area contributed by atoms with Crippen LogP contribution < -0.4 is 5.32 Å². The van der Waals surface area contributed by atoms with Crippen molar-refractivity contribution in [3.05, 3.63) is 59.2 Å². The smallest absolute Gasteiger partial charge is 0.328 e. The number of rotatable bonds is 3. The molecule has 2 aromatic carbocycles. The predicted octanol–water partition coefficient (Wildman–Crippen LogP) is 1.21. The van der Waals surface area contributed by atoms with Crippen LogP contribution in [0.4, 0.5) is 0 Å². The third-order valence-corrected chi connectivity index (χ3v) is 5.19. The summed E-state index contributed by atoms with van der Waals surface area (Å²) in [5.41, 5.74) is 4.79. The molecule has 138 valence electrons. The van der Waals surface area contributed by atoms with E-state index >= 15 is 0 Å². The Kier molecular flexibility index (Phi) is 4.16. The van der Waals surface area contributed by atoms with Crippen molar-refractivity contribution in [1.29, 1.82) is 0 Å². The van der Waals surface area contributed by atoms with Crippen LogP contribution in [0, 0.1) is 0 Å². The number of aliphatic carboxylic acids is 2. The Hall–Kier alpha value is -3.19. The lowest BCUT2D eigenvalue weighted by Gasteiger charge is -2.37. The maximum Gasteiger partial charge on any atom is 0.328 e. The van der Waals surface area contributed by atoms with E-state index in [0.29, 0.717) is 12.0 Å². The Morgan fingerprint density at radius 3 is 2.44 bits per heavy atom. The van der Waals surface area contributed by atoms with Crippen LogP contribution in [-0.2, 0) is 16.0 Å². The molecule has 4 rings (SSSR count). The Balaban J connectivity index is 1.66. The first-order valence-electron chi connectivity index (χ1n) is 8.68. The highest BCUT2D eigenvalue weighted by molar-refractivity contribution is 5.99. The van der Waals surface area contributed by atoms with E-state index in [2.05, 4.69) is 5.32 Å². The van der Waals surface area contributed by atoms with Gasteiger partial charge < -0.3 is 20.4 Å². The number of fused-ring (bicyclic) bond motifs is 3. The molecule has 2 atom stereocenters. The Bertz CT molecular complexity index is 955. The maximum absolute atomic E-state index is 13.0. The average molecular weight is 366 g/mol. The normalized spacial score (nSPS) is 20.7. The molecule has 0 spiro atoms. The molecule has 1 amide bonds. The zero-order chi connectivity index (χ0) is 19.1. The Labute approximate surface area is 155 Å². The first-order valence-corrected chi connectivity index (χ1v) is 8.68. The zero-order valence-electron chi connectivity index (χ0n) is 14.4. The second-order valence-electron chi connectivity index (χ2n) is 6.76. The van der Waals surface area contributed by atoms with Gasteiger partial charge in [0.05, 0.1) is 0 Å². The largest absolute Gasteiger partial charge is 0.480 e. The third kappa shape index (κ3) is 2.86. The van der Waals surface area contributed by atoms with Crippen LogP contribution in [-0.4, -0.2) is 58.1 Å². The number of carboxylic acid groups (broad SMARTS) is 2. The van der Waals surface area contributed by atoms with E-state index in [1.807, 2.05) is 30.3 Å². The van der Waals surface area contributed by atoms with Crippen molar-refractivity contribution in [3.63, 3.8) is 0 Å². The van der Waals surface area contributed by atoms with Gasteiger partial charge in [-0.05, 0) is 40.8 Å². The summed E-state index contributed by atoms with van der Waals surface area (Å²) in [5.74, 6) is -3.09. The van der Waals surface area contributed by atoms with Crippen LogP contribution in [0.25, 0.3) is 11.1 Å². The topological polar surface area (TPSA) is 107 Å².